The number of carbonyl (C=O) groups excluding carboxylic acids is 1. The van der Waals surface area contributed by atoms with Gasteiger partial charge in [-0.05, 0) is 44.4 Å². The summed E-state index contributed by atoms with van der Waals surface area (Å²) in [5, 5.41) is 4.13. The van der Waals surface area contributed by atoms with Gasteiger partial charge in [-0.15, -0.1) is 0 Å². The number of ether oxygens (including phenoxy) is 1. The Labute approximate surface area is 168 Å². The zero-order valence-corrected chi connectivity index (χ0v) is 16.5. The standard InChI is InChI=1S/C21H23N5O3/c1-13-16(17-18(25-21(2)5-6-21)23-12-24-19(17)29-13)20(27)26-9-10-28-15(11-26)14-3-7-22-8-4-14/h3-4,7-8,12,15H,5-6,9-11H2,1-2H3,(H,23,24,25). The van der Waals surface area contributed by atoms with Crippen LogP contribution in [0.4, 0.5) is 5.82 Å². The van der Waals surface area contributed by atoms with Gasteiger partial charge in [0.15, 0.2) is 0 Å². The second-order valence-electron chi connectivity index (χ2n) is 8.01. The van der Waals surface area contributed by atoms with Gasteiger partial charge in [-0.2, -0.15) is 0 Å². The van der Waals surface area contributed by atoms with Crippen molar-refractivity contribution in [2.45, 2.75) is 38.3 Å². The second kappa shape index (κ2) is 6.81. The lowest BCUT2D eigenvalue weighted by molar-refractivity contribution is -0.0228. The van der Waals surface area contributed by atoms with Crippen molar-refractivity contribution >= 4 is 22.8 Å². The van der Waals surface area contributed by atoms with Gasteiger partial charge in [0.1, 0.15) is 24.0 Å². The lowest BCUT2D eigenvalue weighted by atomic mass is 10.1. The molecule has 2 fully saturated rings. The Balaban J connectivity index is 1.48. The molecule has 1 aliphatic carbocycles. The Morgan fingerprint density at radius 1 is 1.28 bits per heavy atom. The highest BCUT2D eigenvalue weighted by Crippen LogP contribution is 2.40. The van der Waals surface area contributed by atoms with Crippen LogP contribution in [0, 0.1) is 6.92 Å². The van der Waals surface area contributed by atoms with Crippen LogP contribution < -0.4 is 5.32 Å². The lowest BCUT2D eigenvalue weighted by Crippen LogP contribution is -2.42. The van der Waals surface area contributed by atoms with Gasteiger partial charge in [0.2, 0.25) is 5.71 Å². The van der Waals surface area contributed by atoms with E-state index in [2.05, 4.69) is 27.2 Å². The summed E-state index contributed by atoms with van der Waals surface area (Å²) < 4.78 is 11.7. The Morgan fingerprint density at radius 3 is 2.83 bits per heavy atom. The molecule has 1 atom stereocenters. The molecule has 4 heterocycles. The third-order valence-electron chi connectivity index (χ3n) is 5.73. The van der Waals surface area contributed by atoms with Gasteiger partial charge in [-0.25, -0.2) is 9.97 Å². The van der Waals surface area contributed by atoms with Crippen LogP contribution in [-0.2, 0) is 4.74 Å². The average Bonchev–Trinajstić information content (AvgIpc) is 3.36. The van der Waals surface area contributed by atoms with E-state index in [0.29, 0.717) is 47.9 Å². The predicted octanol–water partition coefficient (Wildman–Crippen LogP) is 3.10. The van der Waals surface area contributed by atoms with Crippen LogP contribution in [0.1, 0.15) is 47.6 Å². The predicted molar refractivity (Wildman–Crippen MR) is 107 cm³/mol. The quantitative estimate of drug-likeness (QED) is 0.728. The maximum absolute atomic E-state index is 13.5. The zero-order chi connectivity index (χ0) is 20.0. The Kier molecular flexibility index (Phi) is 4.24. The molecule has 2 aliphatic rings. The van der Waals surface area contributed by atoms with Crippen molar-refractivity contribution in [3.8, 4) is 0 Å². The Hall–Kier alpha value is -3.00. The Bertz CT molecular complexity index is 1060. The topological polar surface area (TPSA) is 93.4 Å². The molecule has 0 aromatic carbocycles. The van der Waals surface area contributed by atoms with E-state index < -0.39 is 0 Å². The van der Waals surface area contributed by atoms with E-state index >= 15 is 0 Å². The molecule has 150 valence electrons. The van der Waals surface area contributed by atoms with E-state index in [1.807, 2.05) is 17.0 Å². The number of anilines is 1. The number of rotatable bonds is 4. The summed E-state index contributed by atoms with van der Waals surface area (Å²) in [7, 11) is 0. The normalized spacial score (nSPS) is 20.6. The third-order valence-corrected chi connectivity index (χ3v) is 5.73. The molecule has 1 saturated carbocycles. The summed E-state index contributed by atoms with van der Waals surface area (Å²) in [5.41, 5.74) is 2.01. The number of nitrogens with one attached hydrogen (secondary N) is 1. The fourth-order valence-electron chi connectivity index (χ4n) is 3.77. The van der Waals surface area contributed by atoms with E-state index in [-0.39, 0.29) is 17.6 Å². The highest BCUT2D eigenvalue weighted by Gasteiger charge is 2.39. The number of hydrogen-bond acceptors (Lipinski definition) is 7. The number of aromatic nitrogens is 3. The van der Waals surface area contributed by atoms with Gasteiger partial charge in [-0.1, -0.05) is 0 Å². The first-order valence-electron chi connectivity index (χ1n) is 9.87. The molecule has 0 radical (unpaired) electrons. The molecule has 0 spiro atoms. The summed E-state index contributed by atoms with van der Waals surface area (Å²) >= 11 is 0. The van der Waals surface area contributed by atoms with Crippen molar-refractivity contribution in [2.24, 2.45) is 0 Å². The van der Waals surface area contributed by atoms with Gasteiger partial charge >= 0.3 is 0 Å². The number of aryl methyl sites for hydroxylation is 1. The molecule has 1 saturated heterocycles. The molecule has 8 heteroatoms. The van der Waals surface area contributed by atoms with E-state index in [1.165, 1.54) is 6.33 Å². The number of morpholine rings is 1. The van der Waals surface area contributed by atoms with Crippen molar-refractivity contribution in [1.29, 1.82) is 0 Å². The van der Waals surface area contributed by atoms with Gasteiger partial charge in [0.05, 0.1) is 24.1 Å². The number of pyridine rings is 1. The highest BCUT2D eigenvalue weighted by atomic mass is 16.5. The number of nitrogens with zero attached hydrogens (tertiary/aromatic N) is 4. The number of amides is 1. The SMILES string of the molecule is Cc1oc2ncnc(NC3(C)CC3)c2c1C(=O)N1CCOC(c2ccncc2)C1. The maximum Gasteiger partial charge on any atom is 0.258 e. The monoisotopic (exact) mass is 393 g/mol. The van der Waals surface area contributed by atoms with Crippen LogP contribution in [0.2, 0.25) is 0 Å². The van der Waals surface area contributed by atoms with Crippen LogP contribution >= 0.6 is 0 Å². The molecule has 0 bridgehead atoms. The van der Waals surface area contributed by atoms with Crippen LogP contribution in [0.25, 0.3) is 11.1 Å². The molecule has 5 rings (SSSR count). The van der Waals surface area contributed by atoms with Gasteiger partial charge in [-0.3, -0.25) is 9.78 Å². The molecule has 3 aromatic heterocycles. The molecule has 3 aromatic rings. The summed E-state index contributed by atoms with van der Waals surface area (Å²) in [4.78, 5) is 28.1. The van der Waals surface area contributed by atoms with Crippen molar-refractivity contribution in [3.63, 3.8) is 0 Å². The minimum absolute atomic E-state index is 0.0260. The van der Waals surface area contributed by atoms with Crippen LogP contribution in [0.15, 0.2) is 35.3 Å². The van der Waals surface area contributed by atoms with Gasteiger partial charge in [0.25, 0.3) is 5.91 Å². The van der Waals surface area contributed by atoms with E-state index in [4.69, 9.17) is 9.15 Å². The highest BCUT2D eigenvalue weighted by molar-refractivity contribution is 6.10. The second-order valence-corrected chi connectivity index (χ2v) is 8.01. The molecular weight excluding hydrogens is 370 g/mol. The molecule has 29 heavy (non-hydrogen) atoms. The number of furan rings is 1. The third kappa shape index (κ3) is 3.33. The van der Waals surface area contributed by atoms with Crippen molar-refractivity contribution in [1.82, 2.24) is 19.9 Å². The number of fused-ring (bicyclic) bond motifs is 1. The van der Waals surface area contributed by atoms with Gasteiger partial charge < -0.3 is 19.4 Å². The van der Waals surface area contributed by atoms with E-state index in [1.54, 1.807) is 19.3 Å². The first-order chi connectivity index (χ1) is 14.0. The average molecular weight is 393 g/mol. The number of carbonyl (C=O) groups is 1. The van der Waals surface area contributed by atoms with Crippen molar-refractivity contribution < 1.29 is 13.9 Å². The lowest BCUT2D eigenvalue weighted by Gasteiger charge is -2.33. The molecule has 1 aliphatic heterocycles. The fourth-order valence-corrected chi connectivity index (χ4v) is 3.77. The summed E-state index contributed by atoms with van der Waals surface area (Å²) in [6, 6.07) is 3.84. The van der Waals surface area contributed by atoms with E-state index in [9.17, 15) is 4.79 Å². The molecule has 1 amide bonds. The van der Waals surface area contributed by atoms with Crippen molar-refractivity contribution in [3.05, 3.63) is 47.7 Å². The van der Waals surface area contributed by atoms with E-state index in [0.717, 1.165) is 18.4 Å². The number of hydrogen-bond donors (Lipinski definition) is 1. The van der Waals surface area contributed by atoms with Crippen molar-refractivity contribution in [2.75, 3.05) is 25.0 Å². The molecular formula is C21H23N5O3. The summed E-state index contributed by atoms with van der Waals surface area (Å²) in [5.74, 6) is 1.14. The molecule has 8 nitrogen and oxygen atoms in total. The van der Waals surface area contributed by atoms with Crippen LogP contribution in [0.3, 0.4) is 0 Å². The Morgan fingerprint density at radius 2 is 2.07 bits per heavy atom. The van der Waals surface area contributed by atoms with Crippen LogP contribution in [0.5, 0.6) is 0 Å². The van der Waals surface area contributed by atoms with Crippen LogP contribution in [-0.4, -0.2) is 51.0 Å². The zero-order valence-electron chi connectivity index (χ0n) is 16.5. The minimum atomic E-state index is -0.173. The first-order valence-corrected chi connectivity index (χ1v) is 9.87. The summed E-state index contributed by atoms with van der Waals surface area (Å²) in [6.07, 6.45) is 6.93. The minimum Gasteiger partial charge on any atom is -0.442 e. The largest absolute Gasteiger partial charge is 0.442 e. The molecule has 1 unspecified atom stereocenters. The first kappa shape index (κ1) is 18.1. The molecule has 1 N–H and O–H groups in total. The maximum atomic E-state index is 13.5. The smallest absolute Gasteiger partial charge is 0.258 e. The van der Waals surface area contributed by atoms with Gasteiger partial charge in [0, 0.05) is 24.5 Å². The fraction of sp³-hybridized carbons (Fsp3) is 0.429. The summed E-state index contributed by atoms with van der Waals surface area (Å²) in [6.45, 7) is 5.44.